The molecule has 1 aliphatic rings. The third-order valence-corrected chi connectivity index (χ3v) is 3.99. The Kier molecular flexibility index (Phi) is 3.31. The Labute approximate surface area is 120 Å². The number of aryl methyl sites for hydroxylation is 1. The number of carbonyl (C=O) groups is 1. The van der Waals surface area contributed by atoms with E-state index in [0.717, 1.165) is 12.8 Å². The van der Waals surface area contributed by atoms with Gasteiger partial charge >= 0.3 is 0 Å². The highest BCUT2D eigenvalue weighted by Crippen LogP contribution is 2.31. The topological polar surface area (TPSA) is 17.1 Å². The van der Waals surface area contributed by atoms with Crippen molar-refractivity contribution in [3.63, 3.8) is 0 Å². The summed E-state index contributed by atoms with van der Waals surface area (Å²) in [5, 5.41) is 2.38. The Bertz CT molecular complexity index is 747. The zero-order valence-corrected chi connectivity index (χ0v) is 11.9. The minimum Gasteiger partial charge on any atom is -0.294 e. The Morgan fingerprint density at radius 3 is 2.60 bits per heavy atom. The van der Waals surface area contributed by atoms with Gasteiger partial charge in [-0.1, -0.05) is 60.9 Å². The lowest BCUT2D eigenvalue weighted by Gasteiger charge is -2.07. The number of fused-ring (bicyclic) bond motifs is 4. The zero-order valence-electron chi connectivity index (χ0n) is 11.9. The maximum absolute atomic E-state index is 12.5. The molecule has 0 aliphatic heterocycles. The molecule has 2 aromatic rings. The average Bonchev–Trinajstić information content (AvgIpc) is 2.75. The van der Waals surface area contributed by atoms with Crippen LogP contribution in [0.4, 0.5) is 0 Å². The van der Waals surface area contributed by atoms with Crippen molar-refractivity contribution in [3.05, 3.63) is 71.3 Å². The molecule has 3 rings (SSSR count). The van der Waals surface area contributed by atoms with Gasteiger partial charge in [0.2, 0.25) is 0 Å². The largest absolute Gasteiger partial charge is 0.294 e. The van der Waals surface area contributed by atoms with Gasteiger partial charge in [0.1, 0.15) is 7.28 Å². The van der Waals surface area contributed by atoms with Crippen molar-refractivity contribution < 1.29 is 4.79 Å². The van der Waals surface area contributed by atoms with Crippen LogP contribution in [0.2, 0.25) is 6.82 Å². The molecule has 0 saturated heterocycles. The normalized spacial score (nSPS) is 16.1. The second-order valence-corrected chi connectivity index (χ2v) is 5.38. The van der Waals surface area contributed by atoms with Crippen LogP contribution in [-0.4, -0.2) is 13.1 Å². The lowest BCUT2D eigenvalue weighted by atomic mass is 9.63. The molecule has 1 atom stereocenters. The van der Waals surface area contributed by atoms with Crippen LogP contribution in [0, 0.1) is 6.92 Å². The van der Waals surface area contributed by atoms with E-state index in [1.807, 2.05) is 24.3 Å². The van der Waals surface area contributed by atoms with E-state index in [2.05, 4.69) is 44.1 Å². The summed E-state index contributed by atoms with van der Waals surface area (Å²) in [5.74, 6) is 0.254. The Morgan fingerprint density at radius 2 is 1.80 bits per heavy atom. The molecule has 2 bridgehead atoms. The first-order valence-electron chi connectivity index (χ1n) is 7.12. The second kappa shape index (κ2) is 5.12. The predicted molar refractivity (Wildman–Crippen MR) is 86.4 cm³/mol. The average molecular weight is 260 g/mol. The molecule has 98 valence electrons. The van der Waals surface area contributed by atoms with Crippen LogP contribution in [0.3, 0.4) is 0 Å². The maximum Gasteiger partial charge on any atom is 0.162 e. The zero-order chi connectivity index (χ0) is 14.1. The van der Waals surface area contributed by atoms with Gasteiger partial charge < -0.3 is 0 Å². The Morgan fingerprint density at radius 1 is 1.00 bits per heavy atom. The van der Waals surface area contributed by atoms with E-state index in [-0.39, 0.29) is 11.6 Å². The van der Waals surface area contributed by atoms with Crippen LogP contribution >= 0.6 is 0 Å². The molecule has 0 amide bonds. The molecule has 1 aliphatic carbocycles. The fraction of sp³-hybridized carbons (Fsp3) is 0.167. The van der Waals surface area contributed by atoms with Crippen LogP contribution in [0.1, 0.15) is 27.3 Å². The Balaban J connectivity index is 2.47. The summed E-state index contributed by atoms with van der Waals surface area (Å²) in [6.45, 7) is 4.17. The van der Waals surface area contributed by atoms with Gasteiger partial charge in [-0.05, 0) is 29.3 Å². The highest BCUT2D eigenvalue weighted by Gasteiger charge is 2.27. The fourth-order valence-electron chi connectivity index (χ4n) is 2.97. The Hall–Kier alpha value is -2.09. The first kappa shape index (κ1) is 12.9. The van der Waals surface area contributed by atoms with E-state index in [0.29, 0.717) is 0 Å². The second-order valence-electron chi connectivity index (χ2n) is 5.38. The summed E-state index contributed by atoms with van der Waals surface area (Å²) in [6.07, 6.45) is 0. The van der Waals surface area contributed by atoms with Crippen molar-refractivity contribution in [2.45, 2.75) is 19.6 Å². The fourth-order valence-corrected chi connectivity index (χ4v) is 2.97. The van der Waals surface area contributed by atoms with E-state index in [1.165, 1.54) is 21.9 Å². The summed E-state index contributed by atoms with van der Waals surface area (Å²) in [4.78, 5) is 12.5. The lowest BCUT2D eigenvalue weighted by Crippen LogP contribution is -2.11. The quantitative estimate of drug-likeness (QED) is 0.708. The van der Waals surface area contributed by atoms with Crippen LogP contribution in [-0.2, 0) is 0 Å². The third-order valence-electron chi connectivity index (χ3n) is 3.99. The predicted octanol–water partition coefficient (Wildman–Crippen LogP) is 3.99. The molecule has 0 N–H and O–H groups in total. The molecular weight excluding hydrogens is 243 g/mol. The molecule has 0 saturated carbocycles. The maximum atomic E-state index is 12.5. The number of carbonyl (C=O) groups excluding carboxylic acids is 1. The van der Waals surface area contributed by atoms with Gasteiger partial charge in [0, 0.05) is 11.4 Å². The van der Waals surface area contributed by atoms with Crippen LogP contribution in [0.5, 0.6) is 0 Å². The van der Waals surface area contributed by atoms with E-state index in [9.17, 15) is 4.79 Å². The van der Waals surface area contributed by atoms with Crippen LogP contribution < -0.4 is 0 Å². The summed E-state index contributed by atoms with van der Waals surface area (Å²) in [5.41, 5.74) is 3.18. The smallest absolute Gasteiger partial charge is 0.162 e. The molecule has 1 unspecified atom stereocenters. The van der Waals surface area contributed by atoms with Gasteiger partial charge in [-0.15, -0.1) is 0 Å². The van der Waals surface area contributed by atoms with Gasteiger partial charge in [-0.3, -0.25) is 4.79 Å². The van der Waals surface area contributed by atoms with Gasteiger partial charge in [0.15, 0.2) is 5.78 Å². The highest BCUT2D eigenvalue weighted by atomic mass is 16.1. The highest BCUT2D eigenvalue weighted by molar-refractivity contribution is 6.46. The molecule has 0 spiro atoms. The van der Waals surface area contributed by atoms with Crippen molar-refractivity contribution in [3.8, 4) is 0 Å². The van der Waals surface area contributed by atoms with Gasteiger partial charge in [-0.25, -0.2) is 0 Å². The van der Waals surface area contributed by atoms with Crippen molar-refractivity contribution >= 4 is 23.8 Å². The van der Waals surface area contributed by atoms with Crippen molar-refractivity contribution in [1.82, 2.24) is 0 Å². The monoisotopic (exact) mass is 260 g/mol. The van der Waals surface area contributed by atoms with E-state index < -0.39 is 0 Å². The van der Waals surface area contributed by atoms with Gasteiger partial charge in [0.25, 0.3) is 0 Å². The molecular formula is C18H17BO. The SMILES string of the molecule is CBC1C(=O)c2cccc(C)cc3ccccc3c1c2. The minimum atomic E-state index is 0.00241. The number of rotatable bonds is 1. The van der Waals surface area contributed by atoms with Crippen LogP contribution in [0.15, 0.2) is 54.6 Å². The molecule has 0 fully saturated rings. The molecule has 0 radical (unpaired) electrons. The first-order chi connectivity index (χ1) is 9.70. The summed E-state index contributed by atoms with van der Waals surface area (Å²) in [7, 11) is 0.850. The van der Waals surface area contributed by atoms with Gasteiger partial charge in [-0.2, -0.15) is 0 Å². The van der Waals surface area contributed by atoms with Crippen molar-refractivity contribution in [1.29, 1.82) is 0 Å². The van der Waals surface area contributed by atoms with Crippen LogP contribution in [0.25, 0.3) is 10.8 Å². The molecule has 0 heterocycles. The molecule has 0 aromatic heterocycles. The molecule has 2 heteroatoms. The number of benzene rings is 1. The van der Waals surface area contributed by atoms with Gasteiger partial charge in [0.05, 0.1) is 0 Å². The standard InChI is InChI=1S/C18H17BO/c1-12-6-5-8-14-11-16(17(19-2)18(14)20)15-9-4-3-7-13(15)10-12/h3-11,17,19H,1-2H3. The summed E-state index contributed by atoms with van der Waals surface area (Å²) >= 11 is 0. The third kappa shape index (κ3) is 2.11. The van der Waals surface area contributed by atoms with E-state index >= 15 is 0 Å². The van der Waals surface area contributed by atoms with Crippen molar-refractivity contribution in [2.75, 3.05) is 0 Å². The summed E-state index contributed by atoms with van der Waals surface area (Å²) in [6, 6.07) is 18.5. The van der Waals surface area contributed by atoms with E-state index in [1.54, 1.807) is 0 Å². The van der Waals surface area contributed by atoms with E-state index in [4.69, 9.17) is 0 Å². The number of hydrogen-bond acceptors (Lipinski definition) is 1. The van der Waals surface area contributed by atoms with Crippen molar-refractivity contribution in [2.24, 2.45) is 0 Å². The molecule has 1 nitrogen and oxygen atoms in total. The summed E-state index contributed by atoms with van der Waals surface area (Å²) < 4.78 is 0. The first-order valence-corrected chi connectivity index (χ1v) is 7.12. The molecule has 2 aromatic carbocycles. The molecule has 20 heavy (non-hydrogen) atoms. The number of ketones is 1. The number of Topliss-reactive ketones (excluding diaryl/α,β-unsaturated/α-hetero) is 1. The lowest BCUT2D eigenvalue weighted by molar-refractivity contribution is 0.0993. The minimum absolute atomic E-state index is 0.00241. The number of hydrogen-bond donors (Lipinski definition) is 0.